The molecule has 4 N–H and O–H groups in total. The zero-order valence-corrected chi connectivity index (χ0v) is 23.9. The summed E-state index contributed by atoms with van der Waals surface area (Å²) in [4.78, 5) is 44.7. The molecule has 1 aliphatic carbocycles. The summed E-state index contributed by atoms with van der Waals surface area (Å²) in [6.07, 6.45) is 12.2. The van der Waals surface area contributed by atoms with Crippen molar-refractivity contribution < 1.29 is 19.6 Å². The van der Waals surface area contributed by atoms with Crippen molar-refractivity contribution in [2.24, 2.45) is 17.8 Å². The Hall–Kier alpha value is -3.86. The zero-order valence-electron chi connectivity index (χ0n) is 23.9. The van der Waals surface area contributed by atoms with Gasteiger partial charge < -0.3 is 21.1 Å². The monoisotopic (exact) mass is 566 g/mol. The number of nitrogens with zero attached hydrogens (tertiary/aromatic N) is 3. The largest absolute Gasteiger partial charge is 0.391 e. The Bertz CT molecular complexity index is 1150. The molecule has 2 aromatic rings. The van der Waals surface area contributed by atoms with E-state index in [0.29, 0.717) is 24.6 Å². The van der Waals surface area contributed by atoms with Crippen molar-refractivity contribution in [2.45, 2.75) is 70.9 Å². The first-order chi connectivity index (χ1) is 19.8. The van der Waals surface area contributed by atoms with E-state index in [1.54, 1.807) is 36.5 Å². The highest BCUT2D eigenvalue weighted by Gasteiger charge is 2.32. The number of anilines is 1. The molecule has 0 saturated heterocycles. The maximum absolute atomic E-state index is 13.1. The topological polar surface area (TPSA) is 159 Å². The third kappa shape index (κ3) is 10.2. The van der Waals surface area contributed by atoms with Gasteiger partial charge in [-0.3, -0.25) is 24.7 Å². The molecule has 1 fully saturated rings. The van der Waals surface area contributed by atoms with Gasteiger partial charge >= 0.3 is 5.69 Å². The van der Waals surface area contributed by atoms with E-state index in [1.165, 1.54) is 24.8 Å². The van der Waals surface area contributed by atoms with Crippen LogP contribution in [0.1, 0.15) is 69.3 Å². The van der Waals surface area contributed by atoms with Crippen molar-refractivity contribution in [3.8, 4) is 0 Å². The number of rotatable bonds is 15. The first-order valence-electron chi connectivity index (χ1n) is 14.4. The van der Waals surface area contributed by atoms with Crippen LogP contribution in [0.5, 0.6) is 0 Å². The quantitative estimate of drug-likeness (QED) is 0.141. The van der Waals surface area contributed by atoms with Gasteiger partial charge in [0.2, 0.25) is 11.7 Å². The van der Waals surface area contributed by atoms with Crippen LogP contribution in [0.3, 0.4) is 0 Å². The van der Waals surface area contributed by atoms with Crippen molar-refractivity contribution in [3.05, 3.63) is 70.7 Å². The molecule has 2 aromatic heterocycles. The molecular weight excluding hydrogens is 524 g/mol. The predicted octanol–water partition coefficient (Wildman–Crippen LogP) is 4.26. The number of aliphatic hydroxyl groups excluding tert-OH is 1. The number of aromatic nitrogens is 2. The second kappa shape index (κ2) is 16.4. The van der Waals surface area contributed by atoms with Crippen LogP contribution >= 0.6 is 0 Å². The SMILES string of the molecule is CC(C)[C@H](C[C@H](O)[C@H](CC1CCCCC1)NC(=O)c1ccccn1)C(=O)NC/C=C/CNc1ncccc1[N+](=O)[O-]. The Morgan fingerprint density at radius 3 is 2.49 bits per heavy atom. The molecule has 1 aliphatic rings. The van der Waals surface area contributed by atoms with Gasteiger partial charge in [0.1, 0.15) is 5.69 Å². The maximum Gasteiger partial charge on any atom is 0.311 e. The van der Waals surface area contributed by atoms with Crippen LogP contribution in [0.4, 0.5) is 11.5 Å². The molecular formula is C30H42N6O5. The van der Waals surface area contributed by atoms with Crippen molar-refractivity contribution in [3.63, 3.8) is 0 Å². The van der Waals surface area contributed by atoms with Gasteiger partial charge in [0, 0.05) is 37.5 Å². The van der Waals surface area contributed by atoms with Crippen molar-refractivity contribution in [1.82, 2.24) is 20.6 Å². The highest BCUT2D eigenvalue weighted by Crippen LogP contribution is 2.30. The Morgan fingerprint density at radius 2 is 1.80 bits per heavy atom. The average Bonchev–Trinajstić information content (AvgIpc) is 2.98. The number of hydrogen-bond acceptors (Lipinski definition) is 8. The molecule has 11 nitrogen and oxygen atoms in total. The number of carbonyl (C=O) groups excluding carboxylic acids is 2. The Morgan fingerprint density at radius 1 is 1.07 bits per heavy atom. The number of nitro groups is 1. The molecule has 0 radical (unpaired) electrons. The normalized spacial score (nSPS) is 16.2. The van der Waals surface area contributed by atoms with E-state index >= 15 is 0 Å². The van der Waals surface area contributed by atoms with Gasteiger partial charge in [-0.05, 0) is 42.9 Å². The Balaban J connectivity index is 1.55. The van der Waals surface area contributed by atoms with Gasteiger partial charge in [0.25, 0.3) is 5.91 Å². The second-order valence-corrected chi connectivity index (χ2v) is 10.9. The lowest BCUT2D eigenvalue weighted by Gasteiger charge is -2.32. The van der Waals surface area contributed by atoms with Crippen LogP contribution < -0.4 is 16.0 Å². The summed E-state index contributed by atoms with van der Waals surface area (Å²) < 4.78 is 0. The molecule has 0 spiro atoms. The fourth-order valence-corrected chi connectivity index (χ4v) is 5.23. The summed E-state index contributed by atoms with van der Waals surface area (Å²) in [5.41, 5.74) is 0.191. The minimum Gasteiger partial charge on any atom is -0.391 e. The summed E-state index contributed by atoms with van der Waals surface area (Å²) in [5, 5.41) is 31.2. The Labute approximate surface area is 241 Å². The van der Waals surface area contributed by atoms with E-state index in [0.717, 1.165) is 25.7 Å². The van der Waals surface area contributed by atoms with Gasteiger partial charge in [-0.1, -0.05) is 64.2 Å². The number of aliphatic hydroxyl groups is 1. The summed E-state index contributed by atoms with van der Waals surface area (Å²) in [5.74, 6) is -0.381. The van der Waals surface area contributed by atoms with E-state index in [-0.39, 0.29) is 42.2 Å². The van der Waals surface area contributed by atoms with E-state index in [1.807, 2.05) is 13.8 Å². The van der Waals surface area contributed by atoms with Crippen LogP contribution in [0.25, 0.3) is 0 Å². The zero-order chi connectivity index (χ0) is 29.6. The lowest BCUT2D eigenvalue weighted by Crippen LogP contribution is -2.47. The van der Waals surface area contributed by atoms with E-state index in [4.69, 9.17) is 0 Å². The maximum atomic E-state index is 13.1. The van der Waals surface area contributed by atoms with E-state index in [2.05, 4.69) is 25.9 Å². The molecule has 0 aliphatic heterocycles. The van der Waals surface area contributed by atoms with Gasteiger partial charge in [0.05, 0.1) is 17.1 Å². The lowest BCUT2D eigenvalue weighted by atomic mass is 9.81. The molecule has 0 bridgehead atoms. The number of amides is 2. The van der Waals surface area contributed by atoms with Crippen LogP contribution in [0.2, 0.25) is 0 Å². The Kier molecular flexibility index (Phi) is 12.7. The number of carbonyl (C=O) groups is 2. The summed E-state index contributed by atoms with van der Waals surface area (Å²) in [6, 6.07) is 7.54. The van der Waals surface area contributed by atoms with Crippen LogP contribution in [-0.2, 0) is 4.79 Å². The van der Waals surface area contributed by atoms with E-state index in [9.17, 15) is 24.8 Å². The molecule has 0 unspecified atom stereocenters. The van der Waals surface area contributed by atoms with Gasteiger partial charge in [-0.2, -0.15) is 0 Å². The van der Waals surface area contributed by atoms with Crippen LogP contribution in [0.15, 0.2) is 54.9 Å². The lowest BCUT2D eigenvalue weighted by molar-refractivity contribution is -0.384. The summed E-state index contributed by atoms with van der Waals surface area (Å²) >= 11 is 0. The molecule has 3 rings (SSSR count). The number of hydrogen-bond donors (Lipinski definition) is 4. The molecule has 222 valence electrons. The fourth-order valence-electron chi connectivity index (χ4n) is 5.23. The highest BCUT2D eigenvalue weighted by atomic mass is 16.6. The number of pyridine rings is 2. The highest BCUT2D eigenvalue weighted by molar-refractivity contribution is 5.92. The van der Waals surface area contributed by atoms with Crippen LogP contribution in [-0.4, -0.2) is 57.0 Å². The first-order valence-corrected chi connectivity index (χ1v) is 14.4. The van der Waals surface area contributed by atoms with E-state index < -0.39 is 23.0 Å². The van der Waals surface area contributed by atoms with Gasteiger partial charge in [-0.25, -0.2) is 4.98 Å². The molecule has 2 heterocycles. The first kappa shape index (κ1) is 31.7. The molecule has 3 atom stereocenters. The molecule has 1 saturated carbocycles. The summed E-state index contributed by atoms with van der Waals surface area (Å²) in [7, 11) is 0. The second-order valence-electron chi connectivity index (χ2n) is 10.9. The minimum absolute atomic E-state index is 0.0261. The number of nitrogens with one attached hydrogen (secondary N) is 3. The smallest absolute Gasteiger partial charge is 0.311 e. The standard InChI is InChI=1S/C30H42N6O5/c1-21(2)23(29(38)34-17-9-8-16-32-28-26(36(40)41)14-10-18-33-28)20-27(37)25(19-22-11-4-3-5-12-22)35-30(39)24-13-6-7-15-31-24/h6-10,13-15,18,21-23,25,27,37H,3-5,11-12,16-17,19-20H2,1-2H3,(H,32,33)(H,34,38)(H,35,39)/b9-8+/t23-,25-,27-/m0/s1. The molecule has 0 aromatic carbocycles. The van der Waals surface area contributed by atoms with Gasteiger partial charge in [-0.15, -0.1) is 0 Å². The minimum atomic E-state index is -0.892. The third-order valence-electron chi connectivity index (χ3n) is 7.56. The van der Waals surface area contributed by atoms with Crippen molar-refractivity contribution in [1.29, 1.82) is 0 Å². The average molecular weight is 567 g/mol. The molecule has 11 heteroatoms. The molecule has 2 amide bonds. The van der Waals surface area contributed by atoms with Gasteiger partial charge in [0.15, 0.2) is 0 Å². The van der Waals surface area contributed by atoms with Crippen molar-refractivity contribution in [2.75, 3.05) is 18.4 Å². The van der Waals surface area contributed by atoms with Crippen molar-refractivity contribution >= 4 is 23.3 Å². The van der Waals surface area contributed by atoms with Crippen LogP contribution in [0, 0.1) is 27.9 Å². The third-order valence-corrected chi connectivity index (χ3v) is 7.56. The molecule has 41 heavy (non-hydrogen) atoms. The predicted molar refractivity (Wildman–Crippen MR) is 157 cm³/mol. The fraction of sp³-hybridized carbons (Fsp3) is 0.533. The summed E-state index contributed by atoms with van der Waals surface area (Å²) in [6.45, 7) is 4.46.